The van der Waals surface area contributed by atoms with E-state index < -0.39 is 5.54 Å². The van der Waals surface area contributed by atoms with Crippen molar-refractivity contribution in [3.05, 3.63) is 41.9 Å². The fourth-order valence-electron chi connectivity index (χ4n) is 2.89. The molecule has 2 rings (SSSR count). The molecule has 1 heterocycles. The molecule has 1 atom stereocenters. The summed E-state index contributed by atoms with van der Waals surface area (Å²) in [6, 6.07) is 9.67. The van der Waals surface area contributed by atoms with Crippen LogP contribution in [0.25, 0.3) is 11.3 Å². The zero-order valence-corrected chi connectivity index (χ0v) is 15.4. The van der Waals surface area contributed by atoms with Crippen LogP contribution < -0.4 is 10.5 Å². The molecule has 0 amide bonds. The normalized spacial score (nSPS) is 13.3. The van der Waals surface area contributed by atoms with Crippen molar-refractivity contribution < 1.29 is 4.74 Å². The van der Waals surface area contributed by atoms with Gasteiger partial charge in [0.05, 0.1) is 11.3 Å². The third kappa shape index (κ3) is 5.27. The molecule has 5 heteroatoms. The van der Waals surface area contributed by atoms with E-state index in [0.717, 1.165) is 29.8 Å². The van der Waals surface area contributed by atoms with Crippen LogP contribution in [0, 0.1) is 17.2 Å². The smallest absolute Gasteiger partial charge is 0.137 e. The van der Waals surface area contributed by atoms with E-state index in [9.17, 15) is 5.26 Å². The second-order valence-electron chi connectivity index (χ2n) is 7.11. The summed E-state index contributed by atoms with van der Waals surface area (Å²) in [5, 5.41) is 9.47. The molecule has 0 saturated carbocycles. The molecule has 0 aliphatic rings. The number of ether oxygens (including phenoxy) is 1. The Hall–Kier alpha value is -2.45. The average Bonchev–Trinajstić information content (AvgIpc) is 2.58. The lowest BCUT2D eigenvalue weighted by atomic mass is 9.93. The lowest BCUT2D eigenvalue weighted by Crippen LogP contribution is -2.43. The molecule has 132 valence electrons. The molecule has 0 saturated heterocycles. The first-order valence-corrected chi connectivity index (χ1v) is 8.61. The van der Waals surface area contributed by atoms with Gasteiger partial charge in [0.25, 0.3) is 0 Å². The van der Waals surface area contributed by atoms with Crippen LogP contribution in [0.3, 0.4) is 0 Å². The molecule has 2 N–H and O–H groups in total. The van der Waals surface area contributed by atoms with E-state index in [2.05, 4.69) is 29.9 Å². The predicted molar refractivity (Wildman–Crippen MR) is 99.1 cm³/mol. The Kier molecular flexibility index (Phi) is 6.11. The van der Waals surface area contributed by atoms with Gasteiger partial charge in [-0.3, -0.25) is 0 Å². The van der Waals surface area contributed by atoms with Crippen LogP contribution >= 0.6 is 0 Å². The highest BCUT2D eigenvalue weighted by atomic mass is 16.5. The number of nitrogens with zero attached hydrogens (tertiary/aromatic N) is 3. The van der Waals surface area contributed by atoms with Crippen LogP contribution in [0.5, 0.6) is 5.75 Å². The van der Waals surface area contributed by atoms with E-state index in [1.807, 2.05) is 32.0 Å². The topological polar surface area (TPSA) is 84.8 Å². The number of aryl methyl sites for hydroxylation is 1. The van der Waals surface area contributed by atoms with Crippen LogP contribution in [-0.2, 0) is 6.42 Å². The number of nitrogens with two attached hydrogens (primary N) is 1. The lowest BCUT2D eigenvalue weighted by molar-refractivity contribution is 0.206. The maximum absolute atomic E-state index is 9.47. The van der Waals surface area contributed by atoms with Gasteiger partial charge in [0, 0.05) is 16.8 Å². The van der Waals surface area contributed by atoms with Gasteiger partial charge in [0.2, 0.25) is 0 Å². The zero-order chi connectivity index (χ0) is 18.4. The van der Waals surface area contributed by atoms with Crippen molar-refractivity contribution in [3.63, 3.8) is 0 Å². The Morgan fingerprint density at radius 1 is 1.28 bits per heavy atom. The Labute approximate surface area is 149 Å². The average molecular weight is 338 g/mol. The molecule has 2 aromatic rings. The molecule has 0 fully saturated rings. The quantitative estimate of drug-likeness (QED) is 0.831. The van der Waals surface area contributed by atoms with Gasteiger partial charge < -0.3 is 10.5 Å². The molecule has 1 aromatic heterocycles. The zero-order valence-electron chi connectivity index (χ0n) is 15.4. The molecule has 25 heavy (non-hydrogen) atoms. The highest BCUT2D eigenvalue weighted by Gasteiger charge is 2.21. The van der Waals surface area contributed by atoms with Crippen molar-refractivity contribution in [2.75, 3.05) is 6.61 Å². The van der Waals surface area contributed by atoms with Gasteiger partial charge in [0.15, 0.2) is 0 Å². The third-order valence-corrected chi connectivity index (χ3v) is 3.91. The molecule has 0 aliphatic carbocycles. The lowest BCUT2D eigenvalue weighted by Gasteiger charge is -2.26. The summed E-state index contributed by atoms with van der Waals surface area (Å²) in [5.74, 6) is 1.04. The van der Waals surface area contributed by atoms with Gasteiger partial charge >= 0.3 is 0 Å². The second-order valence-corrected chi connectivity index (χ2v) is 7.11. The molecule has 0 aliphatic heterocycles. The molecule has 0 spiro atoms. The minimum atomic E-state index is -0.428. The number of hydrogen-bond donors (Lipinski definition) is 1. The largest absolute Gasteiger partial charge is 0.490 e. The van der Waals surface area contributed by atoms with Gasteiger partial charge in [0.1, 0.15) is 24.8 Å². The molecule has 1 unspecified atom stereocenters. The van der Waals surface area contributed by atoms with Crippen molar-refractivity contribution in [1.29, 1.82) is 5.26 Å². The third-order valence-electron chi connectivity index (χ3n) is 3.91. The molecule has 5 nitrogen and oxygen atoms in total. The minimum Gasteiger partial charge on any atom is -0.490 e. The highest BCUT2D eigenvalue weighted by Crippen LogP contribution is 2.26. The van der Waals surface area contributed by atoms with E-state index in [0.29, 0.717) is 23.8 Å². The monoisotopic (exact) mass is 338 g/mol. The van der Waals surface area contributed by atoms with Crippen LogP contribution in [0.2, 0.25) is 0 Å². The first kappa shape index (κ1) is 18.9. The standard InChI is InChI=1S/C20H26N4O/c1-5-17-9-18(24-13-23-17)15-6-7-19(16(8-15)11-21)25-12-20(4,22)10-14(2)3/h6-9,13-14H,5,10,12,22H2,1-4H3. The van der Waals surface area contributed by atoms with Crippen LogP contribution in [-0.4, -0.2) is 22.1 Å². The number of aromatic nitrogens is 2. The van der Waals surface area contributed by atoms with E-state index in [1.165, 1.54) is 0 Å². The summed E-state index contributed by atoms with van der Waals surface area (Å²) >= 11 is 0. The summed E-state index contributed by atoms with van der Waals surface area (Å²) in [5.41, 5.74) is 8.98. The number of benzene rings is 1. The van der Waals surface area contributed by atoms with Crippen molar-refractivity contribution in [2.45, 2.75) is 46.1 Å². The van der Waals surface area contributed by atoms with E-state index in [4.69, 9.17) is 10.5 Å². The SMILES string of the molecule is CCc1cc(-c2ccc(OCC(C)(N)CC(C)C)c(C#N)c2)ncn1. The van der Waals surface area contributed by atoms with E-state index in [-0.39, 0.29) is 0 Å². The van der Waals surface area contributed by atoms with Crippen molar-refractivity contribution in [2.24, 2.45) is 11.7 Å². The van der Waals surface area contributed by atoms with E-state index >= 15 is 0 Å². The first-order chi connectivity index (χ1) is 11.8. The van der Waals surface area contributed by atoms with Gasteiger partial charge in [-0.1, -0.05) is 20.8 Å². The Balaban J connectivity index is 2.21. The van der Waals surface area contributed by atoms with Crippen molar-refractivity contribution >= 4 is 0 Å². The number of rotatable bonds is 7. The molecule has 0 radical (unpaired) electrons. The fourth-order valence-corrected chi connectivity index (χ4v) is 2.89. The summed E-state index contributed by atoms with van der Waals surface area (Å²) in [7, 11) is 0. The summed E-state index contributed by atoms with van der Waals surface area (Å²) in [4.78, 5) is 8.51. The Bertz CT molecular complexity index is 763. The summed E-state index contributed by atoms with van der Waals surface area (Å²) in [6.45, 7) is 8.65. The van der Waals surface area contributed by atoms with Gasteiger partial charge in [-0.15, -0.1) is 0 Å². The number of hydrogen-bond acceptors (Lipinski definition) is 5. The molecular weight excluding hydrogens is 312 g/mol. The maximum atomic E-state index is 9.47. The van der Waals surface area contributed by atoms with Crippen molar-refractivity contribution in [3.8, 4) is 23.1 Å². The fraction of sp³-hybridized carbons (Fsp3) is 0.450. The second kappa shape index (κ2) is 8.09. The van der Waals surface area contributed by atoms with Gasteiger partial charge in [-0.05, 0) is 49.9 Å². The van der Waals surface area contributed by atoms with E-state index in [1.54, 1.807) is 12.4 Å². The molecule has 0 bridgehead atoms. The summed E-state index contributed by atoms with van der Waals surface area (Å²) < 4.78 is 5.85. The van der Waals surface area contributed by atoms with Gasteiger partial charge in [-0.25, -0.2) is 9.97 Å². The number of nitriles is 1. The van der Waals surface area contributed by atoms with Crippen LogP contribution in [0.1, 0.15) is 45.4 Å². The van der Waals surface area contributed by atoms with Crippen molar-refractivity contribution in [1.82, 2.24) is 9.97 Å². The minimum absolute atomic E-state index is 0.368. The predicted octanol–water partition coefficient (Wildman–Crippen LogP) is 3.72. The Morgan fingerprint density at radius 2 is 2.04 bits per heavy atom. The van der Waals surface area contributed by atoms with Crippen LogP contribution in [0.15, 0.2) is 30.6 Å². The maximum Gasteiger partial charge on any atom is 0.137 e. The Morgan fingerprint density at radius 3 is 2.68 bits per heavy atom. The highest BCUT2D eigenvalue weighted by molar-refractivity contribution is 5.64. The first-order valence-electron chi connectivity index (χ1n) is 8.61. The van der Waals surface area contributed by atoms with Crippen LogP contribution in [0.4, 0.5) is 0 Å². The van der Waals surface area contributed by atoms with Gasteiger partial charge in [-0.2, -0.15) is 5.26 Å². The molecular formula is C20H26N4O. The summed E-state index contributed by atoms with van der Waals surface area (Å²) in [6.07, 6.45) is 3.25. The molecule has 1 aromatic carbocycles.